The van der Waals surface area contributed by atoms with Crippen LogP contribution in [0.5, 0.6) is 0 Å². The number of nitro groups is 1. The lowest BCUT2D eigenvalue weighted by Crippen LogP contribution is -2.19. The van der Waals surface area contributed by atoms with Crippen molar-refractivity contribution in [2.24, 2.45) is 0 Å². The summed E-state index contributed by atoms with van der Waals surface area (Å²) in [5, 5.41) is 23.3. The molecular formula is C13H16N2O3S2. The molecule has 0 fully saturated rings. The van der Waals surface area contributed by atoms with Crippen LogP contribution in [0.4, 0.5) is 10.7 Å². The van der Waals surface area contributed by atoms with Crippen LogP contribution in [0.25, 0.3) is 0 Å². The van der Waals surface area contributed by atoms with Gasteiger partial charge >= 0.3 is 5.69 Å². The van der Waals surface area contributed by atoms with E-state index in [9.17, 15) is 15.2 Å². The lowest BCUT2D eigenvalue weighted by molar-refractivity contribution is -0.383. The molecule has 0 radical (unpaired) electrons. The standard InChI is InChI=1S/C13H16N2O3S2/c1-9(16)12-8-11(15(17)18)13(20-12)14(2)6-5-10-4-3-7-19-10/h3-4,7-9,16H,5-6H2,1-2H3/t9-/m0/s1. The number of thiophene rings is 2. The minimum Gasteiger partial charge on any atom is -0.388 e. The molecule has 0 amide bonds. The van der Waals surface area contributed by atoms with Crippen LogP contribution < -0.4 is 4.90 Å². The predicted octanol–water partition coefficient (Wildman–Crippen LogP) is 3.45. The van der Waals surface area contributed by atoms with Crippen molar-refractivity contribution in [1.29, 1.82) is 0 Å². The van der Waals surface area contributed by atoms with Crippen LogP contribution in [0.3, 0.4) is 0 Å². The Morgan fingerprint density at radius 3 is 2.85 bits per heavy atom. The minimum atomic E-state index is -0.682. The summed E-state index contributed by atoms with van der Waals surface area (Å²) in [7, 11) is 1.85. The molecule has 0 unspecified atom stereocenters. The van der Waals surface area contributed by atoms with Crippen molar-refractivity contribution in [1.82, 2.24) is 0 Å². The van der Waals surface area contributed by atoms with Crippen molar-refractivity contribution in [3.05, 3.63) is 43.4 Å². The lowest BCUT2D eigenvalue weighted by atomic mass is 10.3. The summed E-state index contributed by atoms with van der Waals surface area (Å²) >= 11 is 2.96. The monoisotopic (exact) mass is 312 g/mol. The molecule has 0 aliphatic carbocycles. The van der Waals surface area contributed by atoms with Crippen LogP contribution in [0.1, 0.15) is 22.8 Å². The average molecular weight is 312 g/mol. The number of anilines is 1. The van der Waals surface area contributed by atoms with Gasteiger partial charge in [0.2, 0.25) is 0 Å². The number of aliphatic hydroxyl groups is 1. The molecule has 2 aromatic heterocycles. The zero-order chi connectivity index (χ0) is 14.7. The average Bonchev–Trinajstić information content (AvgIpc) is 3.04. The number of hydrogen-bond acceptors (Lipinski definition) is 6. The summed E-state index contributed by atoms with van der Waals surface area (Å²) in [4.78, 5) is 14.5. The summed E-state index contributed by atoms with van der Waals surface area (Å²) in [6, 6.07) is 5.52. The van der Waals surface area contributed by atoms with Gasteiger partial charge in [-0.15, -0.1) is 22.7 Å². The molecule has 0 saturated heterocycles. The second kappa shape index (κ2) is 6.34. The van der Waals surface area contributed by atoms with Crippen LogP contribution >= 0.6 is 22.7 Å². The molecule has 0 aromatic carbocycles. The molecule has 2 heterocycles. The second-order valence-electron chi connectivity index (χ2n) is 4.52. The Hall–Kier alpha value is -1.44. The summed E-state index contributed by atoms with van der Waals surface area (Å²) in [5.74, 6) is 0. The van der Waals surface area contributed by atoms with E-state index in [1.807, 2.05) is 23.4 Å². The molecular weight excluding hydrogens is 296 g/mol. The van der Waals surface area contributed by atoms with E-state index in [2.05, 4.69) is 6.07 Å². The second-order valence-corrected chi connectivity index (χ2v) is 6.62. The highest BCUT2D eigenvalue weighted by atomic mass is 32.1. The quantitative estimate of drug-likeness (QED) is 0.655. The van der Waals surface area contributed by atoms with Gasteiger partial charge in [0.05, 0.1) is 11.0 Å². The molecule has 1 atom stereocenters. The number of rotatable bonds is 6. The molecule has 0 bridgehead atoms. The fraction of sp³-hybridized carbons (Fsp3) is 0.385. The molecule has 0 aliphatic heterocycles. The molecule has 0 spiro atoms. The van der Waals surface area contributed by atoms with Crippen molar-refractivity contribution in [2.45, 2.75) is 19.4 Å². The van der Waals surface area contributed by atoms with E-state index in [4.69, 9.17) is 0 Å². The van der Waals surface area contributed by atoms with E-state index in [0.29, 0.717) is 16.4 Å². The van der Waals surface area contributed by atoms with Gasteiger partial charge in [-0.3, -0.25) is 10.1 Å². The topological polar surface area (TPSA) is 66.6 Å². The summed E-state index contributed by atoms with van der Waals surface area (Å²) in [6.07, 6.45) is 0.172. The molecule has 7 heteroatoms. The Morgan fingerprint density at radius 2 is 2.30 bits per heavy atom. The predicted molar refractivity (Wildman–Crippen MR) is 82.9 cm³/mol. The van der Waals surface area contributed by atoms with Crippen LogP contribution in [0.15, 0.2) is 23.6 Å². The van der Waals surface area contributed by atoms with E-state index in [0.717, 1.165) is 6.42 Å². The highest BCUT2D eigenvalue weighted by Crippen LogP contribution is 2.39. The molecule has 2 rings (SSSR count). The Morgan fingerprint density at radius 1 is 1.55 bits per heavy atom. The largest absolute Gasteiger partial charge is 0.388 e. The molecule has 20 heavy (non-hydrogen) atoms. The Labute approximate surface area is 125 Å². The van der Waals surface area contributed by atoms with Gasteiger partial charge in [0.25, 0.3) is 0 Å². The van der Waals surface area contributed by atoms with Gasteiger partial charge in [0.15, 0.2) is 5.00 Å². The first-order chi connectivity index (χ1) is 9.49. The Bertz CT molecular complexity index is 578. The van der Waals surface area contributed by atoms with Gasteiger partial charge in [0, 0.05) is 29.4 Å². The van der Waals surface area contributed by atoms with E-state index < -0.39 is 6.10 Å². The maximum atomic E-state index is 11.1. The van der Waals surface area contributed by atoms with Crippen LogP contribution in [-0.2, 0) is 6.42 Å². The van der Waals surface area contributed by atoms with E-state index in [1.165, 1.54) is 22.3 Å². The normalized spacial score (nSPS) is 12.3. The van der Waals surface area contributed by atoms with Crippen molar-refractivity contribution in [2.75, 3.05) is 18.5 Å². The van der Waals surface area contributed by atoms with Crippen molar-refractivity contribution in [3.8, 4) is 0 Å². The van der Waals surface area contributed by atoms with Crippen molar-refractivity contribution < 1.29 is 10.0 Å². The van der Waals surface area contributed by atoms with Gasteiger partial charge < -0.3 is 10.0 Å². The first-order valence-electron chi connectivity index (χ1n) is 6.18. The van der Waals surface area contributed by atoms with Crippen LogP contribution in [0, 0.1) is 10.1 Å². The van der Waals surface area contributed by atoms with Gasteiger partial charge in [-0.25, -0.2) is 0 Å². The number of hydrogen-bond donors (Lipinski definition) is 1. The smallest absolute Gasteiger partial charge is 0.304 e. The van der Waals surface area contributed by atoms with Crippen LogP contribution in [-0.4, -0.2) is 23.6 Å². The molecule has 5 nitrogen and oxygen atoms in total. The third kappa shape index (κ3) is 3.36. The molecule has 0 saturated carbocycles. The van der Waals surface area contributed by atoms with E-state index >= 15 is 0 Å². The molecule has 2 aromatic rings. The lowest BCUT2D eigenvalue weighted by Gasteiger charge is -2.15. The minimum absolute atomic E-state index is 0.0691. The Kier molecular flexibility index (Phi) is 4.74. The molecule has 108 valence electrons. The maximum Gasteiger partial charge on any atom is 0.304 e. The fourth-order valence-electron chi connectivity index (χ4n) is 1.83. The third-order valence-electron chi connectivity index (χ3n) is 2.94. The van der Waals surface area contributed by atoms with Crippen molar-refractivity contribution >= 4 is 33.4 Å². The zero-order valence-electron chi connectivity index (χ0n) is 11.3. The van der Waals surface area contributed by atoms with Gasteiger partial charge in [-0.2, -0.15) is 0 Å². The molecule has 1 N–H and O–H groups in total. The SMILES string of the molecule is C[C@H](O)c1cc([N+](=O)[O-])c(N(C)CCc2cccs2)s1. The molecule has 0 aliphatic rings. The number of nitrogens with zero attached hydrogens (tertiary/aromatic N) is 2. The Balaban J connectivity index is 2.15. The third-order valence-corrected chi connectivity index (χ3v) is 5.29. The highest BCUT2D eigenvalue weighted by Gasteiger charge is 2.23. The first kappa shape index (κ1) is 15.0. The maximum absolute atomic E-state index is 11.1. The fourth-order valence-corrected chi connectivity index (χ4v) is 3.58. The number of likely N-dealkylation sites (N-methyl/N-ethyl adjacent to an activating group) is 1. The summed E-state index contributed by atoms with van der Waals surface area (Å²) in [6.45, 7) is 2.33. The van der Waals surface area contributed by atoms with Gasteiger partial charge in [-0.05, 0) is 24.8 Å². The summed E-state index contributed by atoms with van der Waals surface area (Å²) in [5.41, 5.74) is 0.0691. The van der Waals surface area contributed by atoms with E-state index in [1.54, 1.807) is 18.3 Å². The van der Waals surface area contributed by atoms with Gasteiger partial charge in [0.1, 0.15) is 0 Å². The zero-order valence-corrected chi connectivity index (χ0v) is 12.9. The first-order valence-corrected chi connectivity index (χ1v) is 7.88. The number of aliphatic hydroxyl groups excluding tert-OH is 1. The summed E-state index contributed by atoms with van der Waals surface area (Å²) < 4.78 is 0. The van der Waals surface area contributed by atoms with Crippen molar-refractivity contribution in [3.63, 3.8) is 0 Å². The van der Waals surface area contributed by atoms with Gasteiger partial charge in [-0.1, -0.05) is 6.07 Å². The van der Waals surface area contributed by atoms with Crippen LogP contribution in [0.2, 0.25) is 0 Å². The van der Waals surface area contributed by atoms with E-state index in [-0.39, 0.29) is 10.6 Å². The highest BCUT2D eigenvalue weighted by molar-refractivity contribution is 7.16.